The van der Waals surface area contributed by atoms with E-state index in [-0.39, 0.29) is 11.9 Å². The predicted octanol–water partition coefficient (Wildman–Crippen LogP) is 3.40. The molecule has 0 bridgehead atoms. The number of benzene rings is 1. The van der Waals surface area contributed by atoms with E-state index in [1.165, 1.54) is 28.3 Å². The van der Waals surface area contributed by atoms with Gasteiger partial charge in [-0.05, 0) is 70.0 Å². The molecule has 2 aromatic heterocycles. The maximum atomic E-state index is 12.7. The van der Waals surface area contributed by atoms with Gasteiger partial charge in [-0.25, -0.2) is 4.39 Å². The summed E-state index contributed by atoms with van der Waals surface area (Å²) in [4.78, 5) is 1.29. The number of hydrogen-bond donors (Lipinski definition) is 1. The predicted molar refractivity (Wildman–Crippen MR) is 109 cm³/mol. The number of hydrogen-bond acceptors (Lipinski definition) is 5. The molecular formula is C18H20BBrFN3O2S. The van der Waals surface area contributed by atoms with Crippen LogP contribution in [0.3, 0.4) is 0 Å². The van der Waals surface area contributed by atoms with Gasteiger partial charge in [0.15, 0.2) is 0 Å². The summed E-state index contributed by atoms with van der Waals surface area (Å²) in [6.45, 7) is 3.91. The summed E-state index contributed by atoms with van der Waals surface area (Å²) in [6, 6.07) is 6.45. The molecule has 0 saturated heterocycles. The molecule has 0 unspecified atom stereocenters. The number of halogens is 2. The van der Waals surface area contributed by atoms with Crippen LogP contribution in [0, 0.1) is 5.82 Å². The third-order valence-electron chi connectivity index (χ3n) is 4.27. The Morgan fingerprint density at radius 3 is 2.81 bits per heavy atom. The van der Waals surface area contributed by atoms with Crippen LogP contribution in [-0.4, -0.2) is 26.3 Å². The highest BCUT2D eigenvalue weighted by atomic mass is 79.9. The van der Waals surface area contributed by atoms with E-state index in [4.69, 9.17) is 4.65 Å². The van der Waals surface area contributed by atoms with Gasteiger partial charge in [-0.2, -0.15) is 9.47 Å². The summed E-state index contributed by atoms with van der Waals surface area (Å²) >= 11 is 5.03. The highest BCUT2D eigenvalue weighted by Gasteiger charge is 2.32. The lowest BCUT2D eigenvalue weighted by molar-refractivity contribution is 0.208. The zero-order chi connectivity index (χ0) is 19.6. The van der Waals surface area contributed by atoms with Crippen LogP contribution in [0.15, 0.2) is 35.1 Å². The Balaban J connectivity index is 0.000000159. The average Bonchev–Trinajstić information content (AvgIpc) is 3.28. The van der Waals surface area contributed by atoms with Crippen molar-refractivity contribution < 1.29 is 14.1 Å². The summed E-state index contributed by atoms with van der Waals surface area (Å²) in [7, 11) is 1.04. The van der Waals surface area contributed by atoms with Crippen LogP contribution < -0.4 is 5.46 Å². The molecule has 3 aromatic rings. The molecule has 1 atom stereocenters. The van der Waals surface area contributed by atoms with E-state index in [1.807, 2.05) is 17.9 Å². The molecule has 0 amide bonds. The van der Waals surface area contributed by atoms with Crippen LogP contribution in [0.5, 0.6) is 0 Å². The van der Waals surface area contributed by atoms with Crippen molar-refractivity contribution in [3.8, 4) is 0 Å². The monoisotopic (exact) mass is 451 g/mol. The van der Waals surface area contributed by atoms with E-state index >= 15 is 0 Å². The van der Waals surface area contributed by atoms with Crippen molar-refractivity contribution in [3.05, 3.63) is 62.6 Å². The number of fused-ring (bicyclic) bond motifs is 1. The maximum absolute atomic E-state index is 12.7. The topological polar surface area (TPSA) is 60.2 Å². The van der Waals surface area contributed by atoms with Crippen molar-refractivity contribution in [2.45, 2.75) is 32.8 Å². The van der Waals surface area contributed by atoms with Crippen molar-refractivity contribution in [2.24, 2.45) is 7.05 Å². The normalized spacial score (nSPS) is 15.5. The number of aryl methyl sites for hydroxylation is 2. The molecule has 1 aromatic carbocycles. The first-order chi connectivity index (χ1) is 12.9. The minimum Gasteiger partial charge on any atom is -0.423 e. The van der Waals surface area contributed by atoms with E-state index in [0.29, 0.717) is 5.46 Å². The SMILES string of the molecule is CCc1cc(Cc2cn(C)nc2Br)sn1.C[C@H]1OB(O)c2ccc(F)cc21. The lowest BCUT2D eigenvalue weighted by atomic mass is 9.79. The zero-order valence-corrected chi connectivity index (χ0v) is 17.7. The fourth-order valence-corrected chi connectivity index (χ4v) is 4.20. The standard InChI is InChI=1S/C10H12BrN3S.C8H8BFO2/c1-3-8-5-9(15-13-8)4-7-6-14(2)12-10(7)11;1-5-7-4-6(10)2-3-8(7)9(11)12-5/h5-6H,3-4H2,1-2H3;2-5,11H,1H3/t;5-/m.1/s1. The van der Waals surface area contributed by atoms with E-state index in [0.717, 1.165) is 23.0 Å². The first-order valence-electron chi connectivity index (χ1n) is 8.62. The van der Waals surface area contributed by atoms with Gasteiger partial charge < -0.3 is 9.68 Å². The Hall–Kier alpha value is -1.55. The van der Waals surface area contributed by atoms with E-state index in [9.17, 15) is 9.41 Å². The molecule has 1 aliphatic heterocycles. The number of nitrogens with zero attached hydrogens (tertiary/aromatic N) is 3. The van der Waals surface area contributed by atoms with Gasteiger partial charge in [-0.3, -0.25) is 4.68 Å². The maximum Gasteiger partial charge on any atom is 0.491 e. The van der Waals surface area contributed by atoms with E-state index < -0.39 is 7.12 Å². The number of rotatable bonds is 3. The van der Waals surface area contributed by atoms with Gasteiger partial charge >= 0.3 is 7.12 Å². The third-order valence-corrected chi connectivity index (χ3v) is 5.76. The minimum atomic E-state index is -0.893. The Bertz CT molecular complexity index is 933. The van der Waals surface area contributed by atoms with Gasteiger partial charge in [0.1, 0.15) is 10.4 Å². The first-order valence-corrected chi connectivity index (χ1v) is 10.2. The molecule has 1 aliphatic rings. The van der Waals surface area contributed by atoms with Gasteiger partial charge in [0.05, 0.1) is 11.8 Å². The van der Waals surface area contributed by atoms with Crippen LogP contribution in [0.25, 0.3) is 0 Å². The van der Waals surface area contributed by atoms with Crippen molar-refractivity contribution in [1.29, 1.82) is 0 Å². The largest absolute Gasteiger partial charge is 0.491 e. The fourth-order valence-electron chi connectivity index (χ4n) is 2.88. The lowest BCUT2D eigenvalue weighted by Gasteiger charge is -2.02. The van der Waals surface area contributed by atoms with Crippen LogP contribution in [0.4, 0.5) is 4.39 Å². The molecule has 27 heavy (non-hydrogen) atoms. The van der Waals surface area contributed by atoms with Crippen LogP contribution in [-0.2, 0) is 24.5 Å². The van der Waals surface area contributed by atoms with Crippen molar-refractivity contribution >= 4 is 40.0 Å². The second-order valence-electron chi connectivity index (χ2n) is 6.34. The van der Waals surface area contributed by atoms with Crippen molar-refractivity contribution in [2.75, 3.05) is 0 Å². The molecule has 0 aliphatic carbocycles. The summed E-state index contributed by atoms with van der Waals surface area (Å²) < 4.78 is 24.9. The van der Waals surface area contributed by atoms with Gasteiger partial charge in [0.25, 0.3) is 0 Å². The fraction of sp³-hybridized carbons (Fsp3) is 0.333. The summed E-state index contributed by atoms with van der Waals surface area (Å²) in [5, 5.41) is 13.5. The second-order valence-corrected chi connectivity index (χ2v) is 7.98. The molecule has 9 heteroatoms. The van der Waals surface area contributed by atoms with Crippen LogP contribution in [0.2, 0.25) is 0 Å². The van der Waals surface area contributed by atoms with Gasteiger partial charge in [-0.1, -0.05) is 13.0 Å². The molecule has 0 spiro atoms. The quantitative estimate of drug-likeness (QED) is 0.620. The molecular weight excluding hydrogens is 432 g/mol. The van der Waals surface area contributed by atoms with Gasteiger partial charge in [0.2, 0.25) is 0 Å². The molecule has 5 nitrogen and oxygen atoms in total. The molecule has 3 heterocycles. The smallest absolute Gasteiger partial charge is 0.423 e. The highest BCUT2D eigenvalue weighted by Crippen LogP contribution is 2.23. The Kier molecular flexibility index (Phi) is 6.46. The van der Waals surface area contributed by atoms with Gasteiger partial charge in [-0.15, -0.1) is 0 Å². The third kappa shape index (κ3) is 4.84. The Morgan fingerprint density at radius 1 is 1.41 bits per heavy atom. The van der Waals surface area contributed by atoms with Gasteiger partial charge in [0, 0.05) is 30.1 Å². The zero-order valence-electron chi connectivity index (χ0n) is 15.3. The molecule has 4 rings (SSSR count). The van der Waals surface area contributed by atoms with Crippen molar-refractivity contribution in [1.82, 2.24) is 14.2 Å². The second kappa shape index (κ2) is 8.64. The van der Waals surface area contributed by atoms with Crippen LogP contribution >= 0.6 is 27.5 Å². The number of aromatic nitrogens is 3. The summed E-state index contributed by atoms with van der Waals surface area (Å²) in [5.41, 5.74) is 3.80. The van der Waals surface area contributed by atoms with E-state index in [1.54, 1.807) is 24.5 Å². The molecule has 0 saturated carbocycles. The lowest BCUT2D eigenvalue weighted by Crippen LogP contribution is -2.27. The van der Waals surface area contributed by atoms with E-state index in [2.05, 4.69) is 38.4 Å². The Labute approximate surface area is 170 Å². The molecule has 142 valence electrons. The van der Waals surface area contributed by atoms with Crippen molar-refractivity contribution in [3.63, 3.8) is 0 Å². The average molecular weight is 452 g/mol. The minimum absolute atomic E-state index is 0.217. The molecule has 0 radical (unpaired) electrons. The summed E-state index contributed by atoms with van der Waals surface area (Å²) in [5.74, 6) is -0.293. The highest BCUT2D eigenvalue weighted by molar-refractivity contribution is 9.10. The molecule has 1 N–H and O–H groups in total. The Morgan fingerprint density at radius 2 is 2.19 bits per heavy atom. The summed E-state index contributed by atoms with van der Waals surface area (Å²) in [6.07, 6.45) is 3.73. The molecule has 0 fully saturated rings. The van der Waals surface area contributed by atoms with Crippen LogP contribution in [0.1, 0.15) is 41.6 Å². The first kappa shape index (κ1) is 20.2.